The van der Waals surface area contributed by atoms with E-state index in [1.807, 2.05) is 18.2 Å². The molecule has 2 nitrogen and oxygen atoms in total. The quantitative estimate of drug-likeness (QED) is 0.702. The summed E-state index contributed by atoms with van der Waals surface area (Å²) in [5.74, 6) is 2.39. The van der Waals surface area contributed by atoms with Crippen LogP contribution in [0.3, 0.4) is 0 Å². The summed E-state index contributed by atoms with van der Waals surface area (Å²) in [7, 11) is 1.67. The lowest BCUT2D eigenvalue weighted by atomic mass is 10.0. The average Bonchev–Trinajstić information content (AvgIpc) is 2.27. The van der Waals surface area contributed by atoms with Gasteiger partial charge in [-0.2, -0.15) is 0 Å². The minimum Gasteiger partial charge on any atom is -0.497 e. The zero-order chi connectivity index (χ0) is 9.97. The van der Waals surface area contributed by atoms with E-state index in [4.69, 9.17) is 21.1 Å². The molecule has 0 aliphatic carbocycles. The van der Waals surface area contributed by atoms with Crippen molar-refractivity contribution >= 4 is 11.6 Å². The number of rotatable bonds is 2. The second-order valence-electron chi connectivity index (χ2n) is 3.41. The maximum Gasteiger partial charge on any atom is 0.123 e. The van der Waals surface area contributed by atoms with Crippen LogP contribution in [0.4, 0.5) is 0 Å². The first-order chi connectivity index (χ1) is 6.83. The topological polar surface area (TPSA) is 18.5 Å². The Labute approximate surface area is 88.8 Å². The van der Waals surface area contributed by atoms with Crippen LogP contribution in [0.2, 0.25) is 0 Å². The molecule has 0 saturated carbocycles. The number of halogens is 1. The maximum absolute atomic E-state index is 5.76. The molecule has 3 heteroatoms. The molecule has 1 heterocycles. The fourth-order valence-corrected chi connectivity index (χ4v) is 1.87. The van der Waals surface area contributed by atoms with Gasteiger partial charge in [-0.1, -0.05) is 0 Å². The Hall–Kier alpha value is -0.890. The highest BCUT2D eigenvalue weighted by atomic mass is 35.5. The van der Waals surface area contributed by atoms with Crippen LogP contribution in [0.15, 0.2) is 18.2 Å². The van der Waals surface area contributed by atoms with Crippen molar-refractivity contribution in [2.75, 3.05) is 13.0 Å². The van der Waals surface area contributed by atoms with Gasteiger partial charge in [-0.05, 0) is 36.6 Å². The Morgan fingerprint density at radius 1 is 1.57 bits per heavy atom. The molecule has 0 bridgehead atoms. The number of ether oxygens (including phenoxy) is 2. The molecular weight excluding hydrogens is 200 g/mol. The van der Waals surface area contributed by atoms with Gasteiger partial charge in [0.1, 0.15) is 17.6 Å². The Balaban J connectivity index is 2.23. The molecule has 0 N–H and O–H groups in total. The number of aryl methyl sites for hydroxylation is 1. The molecule has 1 atom stereocenters. The van der Waals surface area contributed by atoms with Crippen LogP contribution < -0.4 is 9.47 Å². The summed E-state index contributed by atoms with van der Waals surface area (Å²) < 4.78 is 10.8. The highest BCUT2D eigenvalue weighted by molar-refractivity contribution is 6.18. The van der Waals surface area contributed by atoms with Gasteiger partial charge in [-0.3, -0.25) is 0 Å². The maximum atomic E-state index is 5.76. The summed E-state index contributed by atoms with van der Waals surface area (Å²) in [6.07, 6.45) is 2.17. The first-order valence-electron chi connectivity index (χ1n) is 4.73. The molecule has 1 aromatic carbocycles. The second kappa shape index (κ2) is 4.09. The molecule has 0 saturated heterocycles. The molecule has 14 heavy (non-hydrogen) atoms. The van der Waals surface area contributed by atoms with E-state index in [9.17, 15) is 0 Å². The van der Waals surface area contributed by atoms with E-state index >= 15 is 0 Å². The fourth-order valence-electron chi connectivity index (χ4n) is 1.66. The third kappa shape index (κ3) is 1.80. The van der Waals surface area contributed by atoms with Crippen LogP contribution in [0.25, 0.3) is 0 Å². The normalized spacial score (nSPS) is 19.7. The summed E-state index contributed by atoms with van der Waals surface area (Å²) in [6.45, 7) is 0. The zero-order valence-electron chi connectivity index (χ0n) is 8.13. The molecule has 0 amide bonds. The van der Waals surface area contributed by atoms with Gasteiger partial charge in [0.25, 0.3) is 0 Å². The Kier molecular flexibility index (Phi) is 2.82. The number of methoxy groups -OCH3 is 1. The Morgan fingerprint density at radius 2 is 2.43 bits per heavy atom. The molecule has 1 unspecified atom stereocenters. The number of hydrogen-bond donors (Lipinski definition) is 0. The van der Waals surface area contributed by atoms with Crippen molar-refractivity contribution in [3.8, 4) is 11.5 Å². The van der Waals surface area contributed by atoms with Crippen molar-refractivity contribution in [2.45, 2.75) is 18.9 Å². The van der Waals surface area contributed by atoms with Crippen LogP contribution >= 0.6 is 11.6 Å². The third-order valence-electron chi connectivity index (χ3n) is 2.47. The minimum absolute atomic E-state index is 0.164. The number of hydrogen-bond acceptors (Lipinski definition) is 2. The molecule has 1 aromatic rings. The average molecular weight is 213 g/mol. The second-order valence-corrected chi connectivity index (χ2v) is 3.72. The Bertz CT molecular complexity index is 325. The summed E-state index contributed by atoms with van der Waals surface area (Å²) in [5.41, 5.74) is 1.21. The monoisotopic (exact) mass is 212 g/mol. The lowest BCUT2D eigenvalue weighted by Gasteiger charge is -2.24. The van der Waals surface area contributed by atoms with Gasteiger partial charge in [-0.25, -0.2) is 0 Å². The van der Waals surface area contributed by atoms with Crippen molar-refractivity contribution < 1.29 is 9.47 Å². The molecule has 1 aliphatic heterocycles. The van der Waals surface area contributed by atoms with Crippen molar-refractivity contribution in [3.63, 3.8) is 0 Å². The largest absolute Gasteiger partial charge is 0.497 e. The van der Waals surface area contributed by atoms with E-state index in [1.54, 1.807) is 7.11 Å². The summed E-state index contributed by atoms with van der Waals surface area (Å²) in [6, 6.07) is 5.89. The van der Waals surface area contributed by atoms with Gasteiger partial charge in [0.15, 0.2) is 0 Å². The third-order valence-corrected chi connectivity index (χ3v) is 2.81. The van der Waals surface area contributed by atoms with Gasteiger partial charge >= 0.3 is 0 Å². The van der Waals surface area contributed by atoms with Crippen molar-refractivity contribution in [1.82, 2.24) is 0 Å². The van der Waals surface area contributed by atoms with E-state index in [2.05, 4.69) is 0 Å². The van der Waals surface area contributed by atoms with Crippen LogP contribution in [0.1, 0.15) is 12.0 Å². The summed E-state index contributed by atoms with van der Waals surface area (Å²) in [4.78, 5) is 0. The molecule has 1 aliphatic rings. The van der Waals surface area contributed by atoms with Crippen LogP contribution in [-0.4, -0.2) is 19.1 Å². The number of benzene rings is 1. The summed E-state index contributed by atoms with van der Waals surface area (Å²) in [5, 5.41) is 0. The molecule has 0 spiro atoms. The molecular formula is C11H13ClO2. The first kappa shape index (κ1) is 9.66. The molecule has 0 fully saturated rings. The summed E-state index contributed by atoms with van der Waals surface area (Å²) >= 11 is 5.76. The predicted octanol–water partition coefficient (Wildman–Crippen LogP) is 2.63. The van der Waals surface area contributed by atoms with Gasteiger partial charge in [0, 0.05) is 0 Å². The van der Waals surface area contributed by atoms with E-state index in [1.165, 1.54) is 5.56 Å². The Morgan fingerprint density at radius 3 is 3.14 bits per heavy atom. The standard InChI is InChI=1S/C11H13ClO2/c1-13-9-4-5-11-8(6-9)2-3-10(7-12)14-11/h4-6,10H,2-3,7H2,1H3. The first-order valence-corrected chi connectivity index (χ1v) is 5.26. The molecule has 0 radical (unpaired) electrons. The van der Waals surface area contributed by atoms with E-state index in [0.717, 1.165) is 24.3 Å². The van der Waals surface area contributed by atoms with Gasteiger partial charge in [-0.15, -0.1) is 11.6 Å². The van der Waals surface area contributed by atoms with Crippen LogP contribution in [0, 0.1) is 0 Å². The van der Waals surface area contributed by atoms with E-state index < -0.39 is 0 Å². The fraction of sp³-hybridized carbons (Fsp3) is 0.455. The predicted molar refractivity (Wildman–Crippen MR) is 56.5 cm³/mol. The van der Waals surface area contributed by atoms with Gasteiger partial charge < -0.3 is 9.47 Å². The molecule has 76 valence electrons. The highest BCUT2D eigenvalue weighted by Crippen LogP contribution is 2.30. The van der Waals surface area contributed by atoms with Gasteiger partial charge in [0.05, 0.1) is 13.0 Å². The van der Waals surface area contributed by atoms with Crippen molar-refractivity contribution in [3.05, 3.63) is 23.8 Å². The van der Waals surface area contributed by atoms with E-state index in [-0.39, 0.29) is 6.10 Å². The number of fused-ring (bicyclic) bond motifs is 1. The smallest absolute Gasteiger partial charge is 0.123 e. The van der Waals surface area contributed by atoms with Crippen molar-refractivity contribution in [1.29, 1.82) is 0 Å². The number of alkyl halides is 1. The van der Waals surface area contributed by atoms with Crippen molar-refractivity contribution in [2.24, 2.45) is 0 Å². The SMILES string of the molecule is COc1ccc2c(c1)CCC(CCl)O2. The highest BCUT2D eigenvalue weighted by Gasteiger charge is 2.18. The molecule has 0 aromatic heterocycles. The minimum atomic E-state index is 0.164. The molecule has 2 rings (SSSR count). The van der Waals surface area contributed by atoms with Crippen LogP contribution in [-0.2, 0) is 6.42 Å². The van der Waals surface area contributed by atoms with E-state index in [0.29, 0.717) is 5.88 Å². The zero-order valence-corrected chi connectivity index (χ0v) is 8.88. The van der Waals surface area contributed by atoms with Gasteiger partial charge in [0.2, 0.25) is 0 Å². The lowest BCUT2D eigenvalue weighted by molar-refractivity contribution is 0.195. The van der Waals surface area contributed by atoms with Crippen LogP contribution in [0.5, 0.6) is 11.5 Å². The lowest BCUT2D eigenvalue weighted by Crippen LogP contribution is -2.23.